The van der Waals surface area contributed by atoms with Gasteiger partial charge in [-0.2, -0.15) is 8.42 Å². The highest BCUT2D eigenvalue weighted by atomic mass is 32.2. The molecule has 1 unspecified atom stereocenters. The number of rotatable bonds is 35. The molecule has 0 aliphatic heterocycles. The Morgan fingerprint density at radius 3 is 1.64 bits per heavy atom. The molecule has 0 saturated carbocycles. The number of carboxylic acids is 1. The van der Waals surface area contributed by atoms with Crippen molar-refractivity contribution in [1.29, 1.82) is 0 Å². The molecule has 17 nitrogen and oxygen atoms in total. The molecule has 0 radical (unpaired) electrons. The number of aliphatic carboxylic acids is 1. The first-order valence-electron chi connectivity index (χ1n) is 16.3. The summed E-state index contributed by atoms with van der Waals surface area (Å²) in [6, 6.07) is -1.14. The monoisotopic (exact) mass is 697 g/mol. The van der Waals surface area contributed by atoms with Gasteiger partial charge in [0.2, 0.25) is 11.8 Å². The molecule has 18 heteroatoms. The number of carbonyl (C=O) groups excluding carboxylic acids is 2. The Balaban J connectivity index is 3.62. The molecule has 0 aliphatic carbocycles. The normalized spacial score (nSPS) is 11.9. The molecule has 0 saturated heterocycles. The predicted molar refractivity (Wildman–Crippen MR) is 173 cm³/mol. The number of carboxylic acid groups (broad SMARTS) is 1. The van der Waals surface area contributed by atoms with Gasteiger partial charge in [0, 0.05) is 30.8 Å². The topological polar surface area (TPSA) is 245 Å². The molecule has 0 rings (SSSR count). The average molecular weight is 698 g/mol. The third-order valence-electron chi connectivity index (χ3n) is 6.55. The minimum absolute atomic E-state index is 0.0193. The second-order valence-electron chi connectivity index (χ2n) is 10.6. The summed E-state index contributed by atoms with van der Waals surface area (Å²) < 4.78 is 56.7. The van der Waals surface area contributed by atoms with Crippen LogP contribution in [0.3, 0.4) is 0 Å². The van der Waals surface area contributed by atoms with E-state index in [4.69, 9.17) is 33.8 Å². The van der Waals surface area contributed by atoms with Gasteiger partial charge in [-0.1, -0.05) is 50.1 Å². The quantitative estimate of drug-likeness (QED) is 0.0245. The number of unbranched alkanes of at least 4 members (excludes halogenated alkanes) is 8. The maximum absolute atomic E-state index is 12.2. The van der Waals surface area contributed by atoms with Crippen LogP contribution < -0.4 is 10.6 Å². The molecule has 0 aromatic heterocycles. The van der Waals surface area contributed by atoms with E-state index in [-0.39, 0.29) is 50.0 Å². The molecule has 0 spiro atoms. The maximum atomic E-state index is 12.2. The highest BCUT2D eigenvalue weighted by Gasteiger charge is 2.20. The van der Waals surface area contributed by atoms with Crippen molar-refractivity contribution in [3.8, 4) is 0 Å². The highest BCUT2D eigenvalue weighted by Crippen LogP contribution is 2.11. The van der Waals surface area contributed by atoms with Gasteiger partial charge in [-0.3, -0.25) is 14.1 Å². The fourth-order valence-electron chi connectivity index (χ4n) is 4.09. The summed E-state index contributed by atoms with van der Waals surface area (Å²) in [7, 11) is -3.87. The number of ether oxygens (including phenoxy) is 5. The van der Waals surface area contributed by atoms with Gasteiger partial charge in [0.05, 0.1) is 71.8 Å². The van der Waals surface area contributed by atoms with Crippen LogP contribution in [0.2, 0.25) is 0 Å². The molecule has 0 bridgehead atoms. The van der Waals surface area contributed by atoms with Gasteiger partial charge < -0.3 is 39.4 Å². The second kappa shape index (κ2) is 32.0. The number of hydrogen-bond acceptors (Lipinski definition) is 11. The van der Waals surface area contributed by atoms with Crippen LogP contribution in [-0.2, 0) is 48.2 Å². The van der Waals surface area contributed by atoms with E-state index in [1.807, 2.05) is 0 Å². The molecular weight excluding hydrogens is 642 g/mol. The Kier molecular flexibility index (Phi) is 30.3. The number of nitrogens with one attached hydrogen (secondary N) is 2. The molecule has 2 amide bonds. The fraction of sp³-hybridized carbons (Fsp3) is 0.897. The zero-order chi connectivity index (χ0) is 34.9. The standard InChI is InChI=1S/C29H55N5O12S/c30-34-32-14-16-43-18-20-45-22-24-46-23-21-44-19-17-42-15-13-31-27(35)12-11-26(29(37)38)33-28(36)10-8-6-4-2-1-3-5-7-9-25-47(39,40)41/h26H,1-25H2,(H,31,35)(H,33,36)(H,37,38)(H,39,40,41). The van der Waals surface area contributed by atoms with Crippen molar-refractivity contribution in [3.05, 3.63) is 10.4 Å². The van der Waals surface area contributed by atoms with Gasteiger partial charge in [-0.15, -0.1) is 0 Å². The lowest BCUT2D eigenvalue weighted by Gasteiger charge is -2.14. The molecule has 1 atom stereocenters. The third-order valence-corrected chi connectivity index (χ3v) is 7.36. The van der Waals surface area contributed by atoms with Crippen LogP contribution >= 0.6 is 0 Å². The van der Waals surface area contributed by atoms with Crippen LogP contribution in [0.15, 0.2) is 5.11 Å². The third kappa shape index (κ3) is 34.6. The largest absolute Gasteiger partial charge is 0.480 e. The molecule has 0 aromatic carbocycles. The second-order valence-corrected chi connectivity index (χ2v) is 12.2. The lowest BCUT2D eigenvalue weighted by Crippen LogP contribution is -2.41. The van der Waals surface area contributed by atoms with Crippen LogP contribution in [0.25, 0.3) is 10.4 Å². The number of carbonyl (C=O) groups is 3. The van der Waals surface area contributed by atoms with Gasteiger partial charge in [0.25, 0.3) is 10.1 Å². The maximum Gasteiger partial charge on any atom is 0.326 e. The van der Waals surface area contributed by atoms with Crippen LogP contribution in [0.1, 0.15) is 77.0 Å². The molecule has 274 valence electrons. The van der Waals surface area contributed by atoms with Gasteiger partial charge in [0.1, 0.15) is 6.04 Å². The minimum Gasteiger partial charge on any atom is -0.480 e. The van der Waals surface area contributed by atoms with Crippen LogP contribution in [-0.4, -0.2) is 127 Å². The van der Waals surface area contributed by atoms with Gasteiger partial charge in [-0.25, -0.2) is 4.79 Å². The summed E-state index contributed by atoms with van der Waals surface area (Å²) in [5, 5.41) is 17.9. The van der Waals surface area contributed by atoms with Crippen molar-refractivity contribution in [1.82, 2.24) is 10.6 Å². The predicted octanol–water partition coefficient (Wildman–Crippen LogP) is 2.63. The van der Waals surface area contributed by atoms with Gasteiger partial charge in [0.15, 0.2) is 0 Å². The smallest absolute Gasteiger partial charge is 0.326 e. The summed E-state index contributed by atoms with van der Waals surface area (Å²) in [6.45, 7) is 4.41. The van der Waals surface area contributed by atoms with Crippen molar-refractivity contribution in [2.24, 2.45) is 5.11 Å². The Hall–Kier alpha value is -2.57. The van der Waals surface area contributed by atoms with E-state index in [2.05, 4.69) is 20.7 Å². The minimum atomic E-state index is -3.87. The summed E-state index contributed by atoms with van der Waals surface area (Å²) >= 11 is 0. The number of amides is 2. The van der Waals surface area contributed by atoms with Crippen LogP contribution in [0, 0.1) is 0 Å². The van der Waals surface area contributed by atoms with E-state index in [1.54, 1.807) is 0 Å². The molecule has 0 aliphatic rings. The first-order valence-corrected chi connectivity index (χ1v) is 17.9. The Labute approximate surface area is 278 Å². The van der Waals surface area contributed by atoms with Crippen molar-refractivity contribution < 1.29 is 56.1 Å². The molecule has 0 heterocycles. The lowest BCUT2D eigenvalue weighted by atomic mass is 10.1. The van der Waals surface area contributed by atoms with E-state index in [9.17, 15) is 27.9 Å². The van der Waals surface area contributed by atoms with E-state index >= 15 is 0 Å². The fourth-order valence-corrected chi connectivity index (χ4v) is 4.66. The Morgan fingerprint density at radius 2 is 1.15 bits per heavy atom. The Morgan fingerprint density at radius 1 is 0.681 bits per heavy atom. The lowest BCUT2D eigenvalue weighted by molar-refractivity contribution is -0.142. The number of nitrogens with zero attached hydrogens (tertiary/aromatic N) is 3. The van der Waals surface area contributed by atoms with Crippen molar-refractivity contribution in [3.63, 3.8) is 0 Å². The number of azide groups is 1. The van der Waals surface area contributed by atoms with E-state index in [0.717, 1.165) is 44.9 Å². The van der Waals surface area contributed by atoms with Crippen LogP contribution in [0.5, 0.6) is 0 Å². The first-order chi connectivity index (χ1) is 22.7. The summed E-state index contributed by atoms with van der Waals surface area (Å²) in [4.78, 5) is 38.4. The van der Waals surface area contributed by atoms with E-state index in [1.165, 1.54) is 0 Å². The van der Waals surface area contributed by atoms with Crippen molar-refractivity contribution in [2.75, 3.05) is 84.9 Å². The number of hydrogen-bond donors (Lipinski definition) is 4. The van der Waals surface area contributed by atoms with E-state index < -0.39 is 22.1 Å². The van der Waals surface area contributed by atoms with E-state index in [0.29, 0.717) is 78.8 Å². The first kappa shape index (κ1) is 44.4. The highest BCUT2D eigenvalue weighted by molar-refractivity contribution is 7.85. The summed E-state index contributed by atoms with van der Waals surface area (Å²) in [6.07, 6.45) is 7.72. The molecule has 47 heavy (non-hydrogen) atoms. The van der Waals surface area contributed by atoms with Crippen molar-refractivity contribution >= 4 is 27.9 Å². The molecule has 4 N–H and O–H groups in total. The van der Waals surface area contributed by atoms with Gasteiger partial charge in [-0.05, 0) is 24.8 Å². The molecule has 0 aromatic rings. The Bertz CT molecular complexity index is 967. The SMILES string of the molecule is [N-]=[N+]=NCCOCCOCCOCCOCCOCCNC(=O)CCC(NC(=O)CCCCCCCCCCCS(=O)(=O)O)C(=O)O. The zero-order valence-corrected chi connectivity index (χ0v) is 28.3. The average Bonchev–Trinajstić information content (AvgIpc) is 3.02. The van der Waals surface area contributed by atoms with Crippen LogP contribution in [0.4, 0.5) is 0 Å². The van der Waals surface area contributed by atoms with Gasteiger partial charge >= 0.3 is 5.97 Å². The van der Waals surface area contributed by atoms with Crippen molar-refractivity contribution in [2.45, 2.75) is 83.1 Å². The molecular formula is C29H55N5O12S. The summed E-state index contributed by atoms with van der Waals surface area (Å²) in [5.74, 6) is -2.07. The molecule has 0 fully saturated rings. The summed E-state index contributed by atoms with van der Waals surface area (Å²) in [5.41, 5.74) is 8.13. The zero-order valence-electron chi connectivity index (χ0n) is 27.5.